The molecule has 0 aromatic heterocycles. The van der Waals surface area contributed by atoms with Crippen LogP contribution in [0.4, 0.5) is 0 Å². The lowest BCUT2D eigenvalue weighted by atomic mass is 10.4. The monoisotopic (exact) mass is 515 g/mol. The van der Waals surface area contributed by atoms with Crippen LogP contribution in [-0.2, 0) is 0 Å². The smallest absolute Gasteiger partial charge is 0.227 e. The molecule has 0 rings (SSSR count). The summed E-state index contributed by atoms with van der Waals surface area (Å²) < 4.78 is 8.91. The SMILES string of the molecule is CCCC[P+](N(CCC)CCC)(N(CCC)CCC)N(CCC)CCC.[I-]. The minimum atomic E-state index is -1.44. The highest BCUT2D eigenvalue weighted by molar-refractivity contribution is 7.69. The quantitative estimate of drug-likeness (QED) is 0.203. The van der Waals surface area contributed by atoms with Crippen molar-refractivity contribution in [2.24, 2.45) is 0 Å². The van der Waals surface area contributed by atoms with E-state index in [4.69, 9.17) is 0 Å². The van der Waals surface area contributed by atoms with Crippen molar-refractivity contribution < 1.29 is 24.0 Å². The number of rotatable bonds is 18. The van der Waals surface area contributed by atoms with Gasteiger partial charge in [-0.1, -0.05) is 54.9 Å². The summed E-state index contributed by atoms with van der Waals surface area (Å²) >= 11 is 0. The lowest BCUT2D eigenvalue weighted by Gasteiger charge is -2.48. The van der Waals surface area contributed by atoms with Crippen LogP contribution in [0.3, 0.4) is 0 Å². The van der Waals surface area contributed by atoms with Gasteiger partial charge < -0.3 is 24.0 Å². The molecule has 0 spiro atoms. The van der Waals surface area contributed by atoms with Crippen LogP contribution >= 0.6 is 7.71 Å². The largest absolute Gasteiger partial charge is 1.00 e. The Hall–Kier alpha value is 1.04. The fraction of sp³-hybridized carbons (Fsp3) is 1.00. The first-order valence-electron chi connectivity index (χ1n) is 11.8. The van der Waals surface area contributed by atoms with Crippen molar-refractivity contribution in [1.29, 1.82) is 0 Å². The van der Waals surface area contributed by atoms with E-state index in [1.54, 1.807) is 0 Å². The zero-order valence-corrected chi connectivity index (χ0v) is 22.8. The zero-order valence-electron chi connectivity index (χ0n) is 19.8. The molecule has 0 aliphatic rings. The van der Waals surface area contributed by atoms with E-state index in [1.807, 2.05) is 0 Å². The van der Waals surface area contributed by atoms with Gasteiger partial charge in [0.1, 0.15) is 6.16 Å². The fourth-order valence-electron chi connectivity index (χ4n) is 4.18. The van der Waals surface area contributed by atoms with Gasteiger partial charge >= 0.3 is 0 Å². The minimum Gasteiger partial charge on any atom is -1.00 e. The van der Waals surface area contributed by atoms with Gasteiger partial charge in [0.25, 0.3) is 0 Å². The van der Waals surface area contributed by atoms with E-state index < -0.39 is 7.71 Å². The lowest BCUT2D eigenvalue weighted by Crippen LogP contribution is -3.00. The Morgan fingerprint density at radius 2 is 0.704 bits per heavy atom. The highest BCUT2D eigenvalue weighted by atomic mass is 127. The van der Waals surface area contributed by atoms with E-state index in [0.717, 1.165) is 0 Å². The average Bonchev–Trinajstić information content (AvgIpc) is 2.63. The fourth-order valence-corrected chi connectivity index (χ4v) is 9.96. The maximum atomic E-state index is 2.97. The summed E-state index contributed by atoms with van der Waals surface area (Å²) in [4.78, 5) is 0. The molecule has 0 heterocycles. The normalized spacial score (nSPS) is 12.2. The molecule has 0 aliphatic carbocycles. The molecule has 0 radical (unpaired) electrons. The lowest BCUT2D eigenvalue weighted by molar-refractivity contribution is -0.00000624. The van der Waals surface area contributed by atoms with Crippen molar-refractivity contribution in [2.75, 3.05) is 45.4 Å². The van der Waals surface area contributed by atoms with E-state index in [1.165, 1.54) is 96.8 Å². The van der Waals surface area contributed by atoms with Crippen LogP contribution in [0.25, 0.3) is 0 Å². The van der Waals surface area contributed by atoms with Crippen LogP contribution in [0, 0.1) is 0 Å². The second kappa shape index (κ2) is 19.0. The second-order valence-electron chi connectivity index (χ2n) is 7.63. The van der Waals surface area contributed by atoms with Crippen molar-refractivity contribution in [3.8, 4) is 0 Å². The predicted octanol–water partition coefficient (Wildman–Crippen LogP) is 3.92. The third kappa shape index (κ3) is 9.59. The van der Waals surface area contributed by atoms with Crippen LogP contribution in [-0.4, -0.2) is 59.4 Å². The summed E-state index contributed by atoms with van der Waals surface area (Å²) in [5, 5.41) is 0. The minimum absolute atomic E-state index is 0. The Labute approximate surface area is 190 Å². The predicted molar refractivity (Wildman–Crippen MR) is 123 cm³/mol. The third-order valence-corrected chi connectivity index (χ3v) is 9.90. The molecule has 0 aliphatic heterocycles. The van der Waals surface area contributed by atoms with Crippen LogP contribution in [0.2, 0.25) is 0 Å². The van der Waals surface area contributed by atoms with Gasteiger partial charge in [0.15, 0.2) is 0 Å². The summed E-state index contributed by atoms with van der Waals surface area (Å²) in [6.07, 6.45) is 11.7. The molecule has 0 unspecified atom stereocenters. The Bertz CT molecular complexity index is 259. The van der Waals surface area contributed by atoms with Crippen LogP contribution in [0.5, 0.6) is 0 Å². The highest BCUT2D eigenvalue weighted by Gasteiger charge is 2.53. The molecule has 0 bridgehead atoms. The molecule has 0 aromatic carbocycles. The van der Waals surface area contributed by atoms with Gasteiger partial charge in [-0.3, -0.25) is 0 Å². The topological polar surface area (TPSA) is 9.72 Å². The molecular formula is C22H51IN3P. The summed E-state index contributed by atoms with van der Waals surface area (Å²) in [6.45, 7) is 24.1. The molecule has 0 saturated heterocycles. The molecule has 0 amide bonds. The van der Waals surface area contributed by atoms with Crippen molar-refractivity contribution in [3.63, 3.8) is 0 Å². The maximum absolute atomic E-state index is 2.97. The van der Waals surface area contributed by atoms with Gasteiger partial charge in [-0.2, -0.15) is 0 Å². The van der Waals surface area contributed by atoms with Gasteiger partial charge in [0.05, 0.1) is 0 Å². The van der Waals surface area contributed by atoms with Crippen LogP contribution < -0.4 is 24.0 Å². The Kier molecular flexibility index (Phi) is 21.3. The van der Waals surface area contributed by atoms with Crippen molar-refractivity contribution >= 4 is 7.71 Å². The van der Waals surface area contributed by atoms with Gasteiger partial charge in [-0.25, -0.2) is 0 Å². The van der Waals surface area contributed by atoms with E-state index >= 15 is 0 Å². The second-order valence-corrected chi connectivity index (χ2v) is 11.2. The molecular weight excluding hydrogens is 464 g/mol. The van der Waals surface area contributed by atoms with Crippen LogP contribution in [0.15, 0.2) is 0 Å². The van der Waals surface area contributed by atoms with Gasteiger partial charge in [0.2, 0.25) is 7.71 Å². The summed E-state index contributed by atoms with van der Waals surface area (Å²) in [5.41, 5.74) is 0. The Morgan fingerprint density at radius 3 is 0.889 bits per heavy atom. The molecule has 0 atom stereocenters. The van der Waals surface area contributed by atoms with Gasteiger partial charge in [0, 0.05) is 39.3 Å². The molecule has 0 fully saturated rings. The maximum Gasteiger partial charge on any atom is 0.227 e. The van der Waals surface area contributed by atoms with E-state index in [0.29, 0.717) is 0 Å². The first kappa shape index (κ1) is 30.2. The third-order valence-electron chi connectivity index (χ3n) is 5.06. The summed E-state index contributed by atoms with van der Waals surface area (Å²) in [5.74, 6) is 0. The number of nitrogens with zero attached hydrogens (tertiary/aromatic N) is 3. The molecule has 0 saturated carbocycles. The van der Waals surface area contributed by atoms with E-state index in [2.05, 4.69) is 62.5 Å². The first-order valence-corrected chi connectivity index (χ1v) is 13.6. The van der Waals surface area contributed by atoms with Crippen molar-refractivity contribution in [2.45, 2.75) is 99.8 Å². The molecule has 0 aromatic rings. The Morgan fingerprint density at radius 1 is 0.444 bits per heavy atom. The van der Waals surface area contributed by atoms with Crippen molar-refractivity contribution in [1.82, 2.24) is 14.0 Å². The molecule has 27 heavy (non-hydrogen) atoms. The van der Waals surface area contributed by atoms with Gasteiger partial charge in [-0.05, 0) is 44.9 Å². The van der Waals surface area contributed by atoms with Crippen LogP contribution in [0.1, 0.15) is 99.8 Å². The summed E-state index contributed by atoms with van der Waals surface area (Å²) in [6, 6.07) is 0. The van der Waals surface area contributed by atoms with Gasteiger partial charge in [-0.15, -0.1) is 14.0 Å². The van der Waals surface area contributed by atoms with E-state index in [9.17, 15) is 0 Å². The Balaban J connectivity index is 0. The molecule has 166 valence electrons. The highest BCUT2D eigenvalue weighted by Crippen LogP contribution is 2.68. The number of halogens is 1. The number of hydrogen-bond acceptors (Lipinski definition) is 3. The average molecular weight is 516 g/mol. The molecule has 3 nitrogen and oxygen atoms in total. The summed E-state index contributed by atoms with van der Waals surface area (Å²) in [7, 11) is -1.44. The van der Waals surface area contributed by atoms with E-state index in [-0.39, 0.29) is 24.0 Å². The number of unbranched alkanes of at least 4 members (excludes halogenated alkanes) is 1. The molecule has 0 N–H and O–H groups in total. The zero-order chi connectivity index (χ0) is 19.8. The first-order chi connectivity index (χ1) is 12.6. The van der Waals surface area contributed by atoms with Crippen molar-refractivity contribution in [3.05, 3.63) is 0 Å². The molecule has 5 heteroatoms. The number of hydrogen-bond donors (Lipinski definition) is 0. The standard InChI is InChI=1S/C22H51N3P.HI/c1-8-15-22-26(23(16-9-2)17-10-3,24(18-11-4)19-12-5)25(20-13-6)21-14-7;/h8-22H2,1-7H3;1H/q+1;/p-1.